The third-order valence-corrected chi connectivity index (χ3v) is 4.37. The zero-order valence-corrected chi connectivity index (χ0v) is 10.9. The van der Waals surface area contributed by atoms with Crippen molar-refractivity contribution in [1.29, 1.82) is 0 Å². The van der Waals surface area contributed by atoms with Crippen LogP contribution in [0.3, 0.4) is 0 Å². The Bertz CT molecular complexity index is 385. The monoisotopic (exact) mass is 246 g/mol. The largest absolute Gasteiger partial charge is 0.355 e. The van der Waals surface area contributed by atoms with Crippen molar-refractivity contribution in [2.24, 2.45) is 11.7 Å². The van der Waals surface area contributed by atoms with E-state index >= 15 is 0 Å². The number of piperidine rings is 1. The molecule has 1 aliphatic heterocycles. The maximum Gasteiger partial charge on any atom is 0.151 e. The van der Waals surface area contributed by atoms with E-state index in [1.54, 1.807) is 0 Å². The van der Waals surface area contributed by atoms with Crippen LogP contribution in [0.25, 0.3) is 0 Å². The first kappa shape index (κ1) is 11.9. The van der Waals surface area contributed by atoms with Gasteiger partial charge in [0, 0.05) is 19.0 Å². The lowest BCUT2D eigenvalue weighted by molar-refractivity contribution is 0.405. The molecule has 18 heavy (non-hydrogen) atoms. The molecule has 0 spiro atoms. The van der Waals surface area contributed by atoms with E-state index in [9.17, 15) is 0 Å². The summed E-state index contributed by atoms with van der Waals surface area (Å²) in [4.78, 5) is 2.33. The van der Waals surface area contributed by atoms with Crippen LogP contribution in [0.5, 0.6) is 0 Å². The third-order valence-electron chi connectivity index (χ3n) is 4.37. The summed E-state index contributed by atoms with van der Waals surface area (Å²) >= 11 is 0. The molecule has 0 amide bonds. The average Bonchev–Trinajstić information content (AvgIpc) is 2.38. The van der Waals surface area contributed by atoms with Crippen LogP contribution in [0.4, 0.5) is 5.82 Å². The summed E-state index contributed by atoms with van der Waals surface area (Å²) in [6.45, 7) is 2.91. The standard InChI is InChI=1S/C14H22N4/c15-9-11-3-2-8-18(10-11)14-7-6-13(16-17-14)12-4-1-5-12/h6-7,11-12H,1-5,8-10,15H2. The molecule has 1 aromatic heterocycles. The SMILES string of the molecule is NCC1CCCN(c2ccc(C3CCC3)nn2)C1. The molecule has 4 nitrogen and oxygen atoms in total. The van der Waals surface area contributed by atoms with Gasteiger partial charge >= 0.3 is 0 Å². The summed E-state index contributed by atoms with van der Waals surface area (Å²) in [6, 6.07) is 4.30. The predicted molar refractivity (Wildman–Crippen MR) is 72.6 cm³/mol. The summed E-state index contributed by atoms with van der Waals surface area (Å²) in [6.07, 6.45) is 6.38. The highest BCUT2D eigenvalue weighted by Crippen LogP contribution is 2.35. The van der Waals surface area contributed by atoms with Gasteiger partial charge in [-0.15, -0.1) is 5.10 Å². The minimum absolute atomic E-state index is 0.617. The van der Waals surface area contributed by atoms with E-state index in [4.69, 9.17) is 5.73 Å². The van der Waals surface area contributed by atoms with Gasteiger partial charge in [0.25, 0.3) is 0 Å². The number of aromatic nitrogens is 2. The van der Waals surface area contributed by atoms with Crippen molar-refractivity contribution in [2.75, 3.05) is 24.5 Å². The molecule has 2 N–H and O–H groups in total. The summed E-state index contributed by atoms with van der Waals surface area (Å²) in [7, 11) is 0. The van der Waals surface area contributed by atoms with Gasteiger partial charge in [-0.25, -0.2) is 0 Å². The zero-order valence-electron chi connectivity index (χ0n) is 10.9. The van der Waals surface area contributed by atoms with E-state index in [0.717, 1.165) is 25.5 Å². The van der Waals surface area contributed by atoms with Crippen LogP contribution in [0, 0.1) is 5.92 Å². The van der Waals surface area contributed by atoms with Gasteiger partial charge in [-0.2, -0.15) is 5.10 Å². The van der Waals surface area contributed by atoms with Crippen molar-refractivity contribution >= 4 is 5.82 Å². The predicted octanol–water partition coefficient (Wildman–Crippen LogP) is 1.92. The van der Waals surface area contributed by atoms with Gasteiger partial charge < -0.3 is 10.6 Å². The summed E-state index contributed by atoms with van der Waals surface area (Å²) in [5, 5.41) is 8.81. The number of hydrogen-bond donors (Lipinski definition) is 1. The second-order valence-electron chi connectivity index (χ2n) is 5.63. The van der Waals surface area contributed by atoms with Crippen molar-refractivity contribution in [3.05, 3.63) is 17.8 Å². The quantitative estimate of drug-likeness (QED) is 0.885. The van der Waals surface area contributed by atoms with E-state index in [1.165, 1.54) is 37.8 Å². The van der Waals surface area contributed by atoms with E-state index in [2.05, 4.69) is 27.2 Å². The molecule has 1 aromatic rings. The summed E-state index contributed by atoms with van der Waals surface area (Å²) in [5.74, 6) is 2.31. The highest BCUT2D eigenvalue weighted by Gasteiger charge is 2.23. The van der Waals surface area contributed by atoms with Gasteiger partial charge in [-0.1, -0.05) is 6.42 Å². The van der Waals surface area contributed by atoms with Gasteiger partial charge in [0.15, 0.2) is 5.82 Å². The van der Waals surface area contributed by atoms with Crippen LogP contribution in [-0.2, 0) is 0 Å². The number of nitrogens with two attached hydrogens (primary N) is 1. The minimum Gasteiger partial charge on any atom is -0.355 e. The maximum atomic E-state index is 5.77. The topological polar surface area (TPSA) is 55.0 Å². The fourth-order valence-electron chi connectivity index (χ4n) is 2.89. The summed E-state index contributed by atoms with van der Waals surface area (Å²) in [5.41, 5.74) is 6.95. The van der Waals surface area contributed by atoms with Crippen molar-refractivity contribution in [1.82, 2.24) is 10.2 Å². The molecule has 1 saturated heterocycles. The van der Waals surface area contributed by atoms with Gasteiger partial charge in [-0.05, 0) is 50.3 Å². The van der Waals surface area contributed by atoms with Gasteiger partial charge in [0.2, 0.25) is 0 Å². The van der Waals surface area contributed by atoms with Crippen molar-refractivity contribution in [2.45, 2.75) is 38.0 Å². The van der Waals surface area contributed by atoms with Crippen LogP contribution in [0.2, 0.25) is 0 Å². The maximum absolute atomic E-state index is 5.77. The molecule has 2 aliphatic rings. The fourth-order valence-corrected chi connectivity index (χ4v) is 2.89. The first-order valence-electron chi connectivity index (χ1n) is 7.15. The molecule has 4 heteroatoms. The molecule has 1 saturated carbocycles. The molecule has 0 bridgehead atoms. The number of nitrogens with zero attached hydrogens (tertiary/aromatic N) is 3. The molecule has 2 fully saturated rings. The van der Waals surface area contributed by atoms with E-state index < -0.39 is 0 Å². The average molecular weight is 246 g/mol. The zero-order chi connectivity index (χ0) is 12.4. The third kappa shape index (κ3) is 2.34. The Hall–Kier alpha value is -1.16. The molecule has 1 aliphatic carbocycles. The lowest BCUT2D eigenvalue weighted by atomic mass is 9.83. The Morgan fingerprint density at radius 2 is 2.06 bits per heavy atom. The smallest absolute Gasteiger partial charge is 0.151 e. The van der Waals surface area contributed by atoms with Crippen molar-refractivity contribution in [3.63, 3.8) is 0 Å². The van der Waals surface area contributed by atoms with E-state index in [0.29, 0.717) is 11.8 Å². The van der Waals surface area contributed by atoms with Gasteiger partial charge in [0.05, 0.1) is 5.69 Å². The van der Waals surface area contributed by atoms with E-state index in [-0.39, 0.29) is 0 Å². The molecular formula is C14H22N4. The molecule has 3 rings (SSSR count). The van der Waals surface area contributed by atoms with Crippen LogP contribution in [-0.4, -0.2) is 29.8 Å². The van der Waals surface area contributed by atoms with Crippen molar-refractivity contribution in [3.8, 4) is 0 Å². The molecule has 2 heterocycles. The van der Waals surface area contributed by atoms with Crippen LogP contribution in [0.1, 0.15) is 43.7 Å². The lowest BCUT2D eigenvalue weighted by Gasteiger charge is -2.33. The molecule has 1 unspecified atom stereocenters. The van der Waals surface area contributed by atoms with Gasteiger partial charge in [-0.3, -0.25) is 0 Å². The van der Waals surface area contributed by atoms with Crippen molar-refractivity contribution < 1.29 is 0 Å². The molecule has 0 aromatic carbocycles. The normalized spacial score (nSPS) is 24.9. The second kappa shape index (κ2) is 5.22. The second-order valence-corrected chi connectivity index (χ2v) is 5.63. The molecule has 98 valence electrons. The molecular weight excluding hydrogens is 224 g/mol. The Morgan fingerprint density at radius 1 is 1.17 bits per heavy atom. The van der Waals surface area contributed by atoms with E-state index in [1.807, 2.05) is 0 Å². The Morgan fingerprint density at radius 3 is 2.67 bits per heavy atom. The van der Waals surface area contributed by atoms with Crippen LogP contribution in [0.15, 0.2) is 12.1 Å². The fraction of sp³-hybridized carbons (Fsp3) is 0.714. The highest BCUT2D eigenvalue weighted by atomic mass is 15.3. The Balaban J connectivity index is 1.67. The minimum atomic E-state index is 0.617. The summed E-state index contributed by atoms with van der Waals surface area (Å²) < 4.78 is 0. The van der Waals surface area contributed by atoms with Gasteiger partial charge in [0.1, 0.15) is 0 Å². The number of rotatable bonds is 3. The molecule has 0 radical (unpaired) electrons. The highest BCUT2D eigenvalue weighted by molar-refractivity contribution is 5.38. The first-order chi connectivity index (χ1) is 8.86. The number of hydrogen-bond acceptors (Lipinski definition) is 4. The molecule has 1 atom stereocenters. The first-order valence-corrected chi connectivity index (χ1v) is 7.15. The number of anilines is 1. The Kier molecular flexibility index (Phi) is 3.46. The van der Waals surface area contributed by atoms with Crippen LogP contribution >= 0.6 is 0 Å². The Labute approximate surface area is 109 Å². The van der Waals surface area contributed by atoms with Crippen LogP contribution < -0.4 is 10.6 Å². The lowest BCUT2D eigenvalue weighted by Crippen LogP contribution is -2.38.